The van der Waals surface area contributed by atoms with Crippen LogP contribution in [-0.4, -0.2) is 0 Å². The maximum atomic E-state index is 6.46. The Kier molecular flexibility index (Phi) is 7.95. The fourth-order valence-electron chi connectivity index (χ4n) is 11.9. The molecule has 0 saturated carbocycles. The molecular weight excluding hydrogens is 815 g/mol. The van der Waals surface area contributed by atoms with Crippen LogP contribution in [-0.2, 0) is 10.8 Å². The molecule has 0 saturated heterocycles. The van der Waals surface area contributed by atoms with Crippen LogP contribution in [0, 0.1) is 0 Å². The van der Waals surface area contributed by atoms with Crippen molar-refractivity contribution in [1.29, 1.82) is 0 Å². The van der Waals surface area contributed by atoms with E-state index >= 15 is 0 Å². The van der Waals surface area contributed by atoms with Crippen LogP contribution in [0.1, 0.15) is 47.2 Å². The monoisotopic (exact) mass is 857 g/mol. The van der Waals surface area contributed by atoms with Crippen LogP contribution in [0.5, 0.6) is 0 Å². The van der Waals surface area contributed by atoms with Crippen LogP contribution in [0.2, 0.25) is 0 Å². The van der Waals surface area contributed by atoms with Gasteiger partial charge in [-0.1, -0.05) is 178 Å². The van der Waals surface area contributed by atoms with Gasteiger partial charge in [0.1, 0.15) is 22.3 Å². The van der Waals surface area contributed by atoms with Gasteiger partial charge >= 0.3 is 0 Å². The molecule has 0 unspecified atom stereocenters. The molecule has 0 radical (unpaired) electrons. The summed E-state index contributed by atoms with van der Waals surface area (Å²) >= 11 is 0. The Balaban J connectivity index is 0.899. The Labute approximate surface area is 388 Å². The van der Waals surface area contributed by atoms with Crippen LogP contribution >= 0.6 is 0 Å². The van der Waals surface area contributed by atoms with Crippen LogP contribution in [0.3, 0.4) is 0 Å². The van der Waals surface area contributed by atoms with Crippen molar-refractivity contribution in [2.45, 2.75) is 24.7 Å². The van der Waals surface area contributed by atoms with Crippen molar-refractivity contribution in [1.82, 2.24) is 0 Å². The van der Waals surface area contributed by atoms with E-state index in [1.54, 1.807) is 0 Å². The molecule has 10 aromatic carbocycles. The van der Waals surface area contributed by atoms with Gasteiger partial charge in [0.15, 0.2) is 0 Å². The van der Waals surface area contributed by atoms with Crippen molar-refractivity contribution >= 4 is 60.9 Å². The smallest absolute Gasteiger partial charge is 0.143 e. The van der Waals surface area contributed by atoms with E-state index in [-0.39, 0.29) is 5.41 Å². The van der Waals surface area contributed by atoms with E-state index in [0.29, 0.717) is 0 Å². The molecule has 316 valence electrons. The molecule has 67 heavy (non-hydrogen) atoms. The second kappa shape index (κ2) is 14.1. The molecule has 2 aromatic heterocycles. The normalized spacial score (nSPS) is 14.1. The van der Waals surface area contributed by atoms with Gasteiger partial charge < -0.3 is 13.7 Å². The lowest BCUT2D eigenvalue weighted by Gasteiger charge is -2.46. The molecule has 0 aliphatic heterocycles. The number of furan rings is 2. The first kappa shape index (κ1) is 37.9. The van der Waals surface area contributed by atoms with Crippen LogP contribution in [0.15, 0.2) is 233 Å². The summed E-state index contributed by atoms with van der Waals surface area (Å²) in [4.78, 5) is 2.33. The summed E-state index contributed by atoms with van der Waals surface area (Å²) in [5.41, 5.74) is 21.4. The van der Waals surface area contributed by atoms with Crippen LogP contribution < -0.4 is 4.90 Å². The third-order valence-electron chi connectivity index (χ3n) is 15.0. The Hall–Kier alpha value is -8.40. The Bertz CT molecular complexity index is 3910. The third-order valence-corrected chi connectivity index (χ3v) is 15.0. The van der Waals surface area contributed by atoms with Gasteiger partial charge in [-0.25, -0.2) is 0 Å². The van der Waals surface area contributed by atoms with Crippen molar-refractivity contribution in [2.75, 3.05) is 4.90 Å². The predicted molar refractivity (Wildman–Crippen MR) is 276 cm³/mol. The maximum absolute atomic E-state index is 6.46. The summed E-state index contributed by atoms with van der Waals surface area (Å²) in [6.45, 7) is 4.76. The van der Waals surface area contributed by atoms with E-state index in [9.17, 15) is 0 Å². The quantitative estimate of drug-likeness (QED) is 0.173. The lowest BCUT2D eigenvalue weighted by molar-refractivity contribution is 0.563. The highest BCUT2D eigenvalue weighted by molar-refractivity contribution is 6.10. The summed E-state index contributed by atoms with van der Waals surface area (Å²) in [5.74, 6) is 0. The molecule has 2 aliphatic carbocycles. The number of benzene rings is 10. The molecule has 14 rings (SSSR count). The molecule has 0 bridgehead atoms. The number of fused-ring (bicyclic) bond motifs is 15. The van der Waals surface area contributed by atoms with E-state index in [1.165, 1.54) is 50.1 Å². The number of hydrogen-bond donors (Lipinski definition) is 0. The number of anilines is 3. The Morgan fingerprint density at radius 1 is 0.313 bits per heavy atom. The van der Waals surface area contributed by atoms with Gasteiger partial charge in [-0.2, -0.15) is 0 Å². The zero-order valence-corrected chi connectivity index (χ0v) is 37.1. The highest BCUT2D eigenvalue weighted by Gasteiger charge is 2.53. The molecule has 0 atom stereocenters. The Morgan fingerprint density at radius 2 is 0.806 bits per heavy atom. The summed E-state index contributed by atoms with van der Waals surface area (Å²) in [6, 6.07) is 82.0. The van der Waals surface area contributed by atoms with E-state index in [4.69, 9.17) is 8.83 Å². The Morgan fingerprint density at radius 3 is 1.51 bits per heavy atom. The fourth-order valence-corrected chi connectivity index (χ4v) is 11.9. The van der Waals surface area contributed by atoms with Crippen molar-refractivity contribution < 1.29 is 8.83 Å². The highest BCUT2D eigenvalue weighted by atomic mass is 16.3. The molecule has 1 spiro atoms. The van der Waals surface area contributed by atoms with Crippen molar-refractivity contribution in [3.05, 3.63) is 258 Å². The molecule has 0 amide bonds. The molecule has 3 nitrogen and oxygen atoms in total. The largest absolute Gasteiger partial charge is 0.456 e. The lowest BCUT2D eigenvalue weighted by Crippen LogP contribution is -2.40. The van der Waals surface area contributed by atoms with Gasteiger partial charge in [-0.05, 0) is 116 Å². The van der Waals surface area contributed by atoms with Gasteiger partial charge in [0, 0.05) is 55.7 Å². The van der Waals surface area contributed by atoms with Gasteiger partial charge in [0.25, 0.3) is 0 Å². The van der Waals surface area contributed by atoms with E-state index in [2.05, 4.69) is 219 Å². The molecular formula is C64H43NO2. The number of hydrogen-bond acceptors (Lipinski definition) is 3. The summed E-state index contributed by atoms with van der Waals surface area (Å²) in [6.07, 6.45) is 0. The first-order valence-electron chi connectivity index (χ1n) is 23.2. The summed E-state index contributed by atoms with van der Waals surface area (Å²) in [5, 5.41) is 4.47. The first-order valence-corrected chi connectivity index (χ1v) is 23.2. The molecule has 12 aromatic rings. The maximum Gasteiger partial charge on any atom is 0.143 e. The van der Waals surface area contributed by atoms with Crippen molar-refractivity contribution in [2.24, 2.45) is 0 Å². The molecule has 3 heteroatoms. The SMILES string of the molecule is CC1(C)c2ccccc2C2(c3ccccc3-c3ccc(-c4ccc(N(c5ccc(-c6cccc7c6oc6ccccc67)cc5)c5ccc6c(c5)oc5ccccc56)cc4)cc32)c2ccccc21. The molecule has 0 fully saturated rings. The minimum Gasteiger partial charge on any atom is -0.456 e. The van der Waals surface area contributed by atoms with E-state index in [0.717, 1.165) is 77.6 Å². The van der Waals surface area contributed by atoms with E-state index < -0.39 is 5.41 Å². The van der Waals surface area contributed by atoms with Crippen molar-refractivity contribution in [3.8, 4) is 33.4 Å². The molecule has 2 heterocycles. The third kappa shape index (κ3) is 5.34. The lowest BCUT2D eigenvalue weighted by atomic mass is 9.55. The number of nitrogens with zero attached hydrogens (tertiary/aromatic N) is 1. The summed E-state index contributed by atoms with van der Waals surface area (Å²) < 4.78 is 12.9. The zero-order valence-electron chi connectivity index (χ0n) is 37.1. The van der Waals surface area contributed by atoms with E-state index in [1.807, 2.05) is 24.3 Å². The topological polar surface area (TPSA) is 29.5 Å². The minimum absolute atomic E-state index is 0.146. The first-order chi connectivity index (χ1) is 33.0. The van der Waals surface area contributed by atoms with Crippen molar-refractivity contribution in [3.63, 3.8) is 0 Å². The van der Waals surface area contributed by atoms with Gasteiger partial charge in [0.2, 0.25) is 0 Å². The fraction of sp³-hybridized carbons (Fsp3) is 0.0625. The van der Waals surface area contributed by atoms with Gasteiger partial charge in [0.05, 0.1) is 5.41 Å². The van der Waals surface area contributed by atoms with Crippen LogP contribution in [0.4, 0.5) is 17.1 Å². The van der Waals surface area contributed by atoms with Gasteiger partial charge in [-0.15, -0.1) is 0 Å². The highest BCUT2D eigenvalue weighted by Crippen LogP contribution is 2.62. The average Bonchev–Trinajstić information content (AvgIpc) is 4.05. The zero-order chi connectivity index (χ0) is 44.4. The standard InChI is InChI=1S/C64H43NO2/c1-63(2)54-20-7-9-22-56(54)64(57-23-10-8-21-55(57)63)53-19-6-3-14-47(53)48-36-30-42(38-58(48)64)40-26-31-43(32-27-40)65(45-35-37-51-49-15-4-11-24-59(49)66-61(51)39-45)44-33-28-41(29-34-44)46-17-13-18-52-50-16-5-12-25-60(50)67-62(46)52/h3-39H,1-2H3. The van der Waals surface area contributed by atoms with Crippen LogP contribution in [0.25, 0.3) is 77.3 Å². The van der Waals surface area contributed by atoms with Gasteiger partial charge in [-0.3, -0.25) is 0 Å². The second-order valence-electron chi connectivity index (χ2n) is 18.8. The minimum atomic E-state index is -0.446. The second-order valence-corrected chi connectivity index (χ2v) is 18.8. The number of para-hydroxylation sites is 3. The molecule has 0 N–H and O–H groups in total. The number of rotatable bonds is 5. The molecule has 2 aliphatic rings. The average molecular weight is 858 g/mol. The predicted octanol–water partition coefficient (Wildman–Crippen LogP) is 17.3. The summed E-state index contributed by atoms with van der Waals surface area (Å²) in [7, 11) is 0.